The smallest absolute Gasteiger partial charge is 0.230 e. The largest absolute Gasteiger partial charge is 0.496 e. The zero-order valence-electron chi connectivity index (χ0n) is 17.1. The zero-order valence-corrected chi connectivity index (χ0v) is 18.0. The number of thioether (sulfide) groups is 1. The van der Waals surface area contributed by atoms with Gasteiger partial charge in [0.1, 0.15) is 5.75 Å². The van der Waals surface area contributed by atoms with Crippen molar-refractivity contribution >= 4 is 17.7 Å². The van der Waals surface area contributed by atoms with Crippen LogP contribution in [0.4, 0.5) is 0 Å². The molecule has 0 radical (unpaired) electrons. The van der Waals surface area contributed by atoms with Crippen molar-refractivity contribution in [2.24, 2.45) is 5.92 Å². The van der Waals surface area contributed by atoms with Crippen LogP contribution in [0.2, 0.25) is 0 Å². The molecule has 1 amide bonds. The SMILES string of the molecule is C=CCn1c(SCC(=O)NC2CCC3CNNC3C2)nnc1-c1ccccc1OC. The zero-order chi connectivity index (χ0) is 20.9. The van der Waals surface area contributed by atoms with Crippen LogP contribution in [0, 0.1) is 5.92 Å². The molecule has 1 aromatic carbocycles. The van der Waals surface area contributed by atoms with Crippen molar-refractivity contribution in [3.05, 3.63) is 36.9 Å². The molecule has 30 heavy (non-hydrogen) atoms. The van der Waals surface area contributed by atoms with E-state index in [-0.39, 0.29) is 11.9 Å². The summed E-state index contributed by atoms with van der Waals surface area (Å²) in [5.41, 5.74) is 7.41. The molecule has 3 atom stereocenters. The Balaban J connectivity index is 1.40. The Kier molecular flexibility index (Phi) is 6.71. The van der Waals surface area contributed by atoms with E-state index in [1.54, 1.807) is 13.2 Å². The Morgan fingerprint density at radius 3 is 3.10 bits per heavy atom. The number of methoxy groups -OCH3 is 1. The fraction of sp³-hybridized carbons (Fsp3) is 0.476. The lowest BCUT2D eigenvalue weighted by Gasteiger charge is -2.31. The fourth-order valence-corrected chi connectivity index (χ4v) is 4.98. The van der Waals surface area contributed by atoms with Crippen molar-refractivity contribution in [3.63, 3.8) is 0 Å². The van der Waals surface area contributed by atoms with E-state index in [2.05, 4.69) is 32.9 Å². The number of benzene rings is 1. The quantitative estimate of drug-likeness (QED) is 0.437. The Hall–Kier alpha value is -2.36. The van der Waals surface area contributed by atoms with E-state index in [9.17, 15) is 4.79 Å². The number of nitrogens with one attached hydrogen (secondary N) is 3. The number of allylic oxidation sites excluding steroid dienone is 1. The number of aromatic nitrogens is 3. The van der Waals surface area contributed by atoms with E-state index in [4.69, 9.17) is 4.74 Å². The lowest BCUT2D eigenvalue weighted by Crippen LogP contribution is -2.45. The number of para-hydroxylation sites is 1. The lowest BCUT2D eigenvalue weighted by molar-refractivity contribution is -0.119. The number of fused-ring (bicyclic) bond motifs is 1. The molecule has 1 aliphatic heterocycles. The highest BCUT2D eigenvalue weighted by Crippen LogP contribution is 2.31. The number of hydrazine groups is 1. The van der Waals surface area contributed by atoms with E-state index in [1.165, 1.54) is 11.8 Å². The van der Waals surface area contributed by atoms with E-state index in [0.717, 1.165) is 37.1 Å². The Morgan fingerprint density at radius 1 is 1.40 bits per heavy atom. The number of hydrogen-bond donors (Lipinski definition) is 3. The number of carbonyl (C=O) groups is 1. The summed E-state index contributed by atoms with van der Waals surface area (Å²) in [6.45, 7) is 5.42. The first kappa shape index (κ1) is 20.9. The van der Waals surface area contributed by atoms with Crippen molar-refractivity contribution in [1.29, 1.82) is 0 Å². The van der Waals surface area contributed by atoms with Gasteiger partial charge in [-0.05, 0) is 37.3 Å². The number of nitrogens with zero attached hydrogens (tertiary/aromatic N) is 3. The van der Waals surface area contributed by atoms with Crippen LogP contribution in [0.3, 0.4) is 0 Å². The molecule has 0 bridgehead atoms. The van der Waals surface area contributed by atoms with Crippen molar-refractivity contribution in [2.45, 2.75) is 43.0 Å². The third-order valence-corrected chi connectivity index (χ3v) is 6.69. The predicted octanol–water partition coefficient (Wildman–Crippen LogP) is 1.99. The van der Waals surface area contributed by atoms with Crippen LogP contribution >= 0.6 is 11.8 Å². The minimum absolute atomic E-state index is 0.0291. The second kappa shape index (κ2) is 9.63. The standard InChI is InChI=1S/C21H28N6O2S/c1-3-10-27-20(16-6-4-5-7-18(16)29-2)25-26-21(27)30-13-19(28)23-15-9-8-14-12-22-24-17(14)11-15/h3-7,14-15,17,22,24H,1,8-13H2,2H3,(H,23,28). The van der Waals surface area contributed by atoms with Gasteiger partial charge in [0, 0.05) is 25.2 Å². The van der Waals surface area contributed by atoms with Crippen LogP contribution < -0.4 is 20.9 Å². The fourth-order valence-electron chi connectivity index (χ4n) is 4.22. The molecule has 8 nitrogen and oxygen atoms in total. The van der Waals surface area contributed by atoms with E-state index >= 15 is 0 Å². The highest BCUT2D eigenvalue weighted by molar-refractivity contribution is 7.99. The molecule has 1 aliphatic carbocycles. The van der Waals surface area contributed by atoms with Crippen LogP contribution in [0.15, 0.2) is 42.1 Å². The van der Waals surface area contributed by atoms with Gasteiger partial charge in [-0.3, -0.25) is 20.2 Å². The first-order valence-corrected chi connectivity index (χ1v) is 11.3. The molecule has 4 rings (SSSR count). The molecule has 2 aromatic rings. The first-order valence-electron chi connectivity index (χ1n) is 10.3. The van der Waals surface area contributed by atoms with Gasteiger partial charge >= 0.3 is 0 Å². The molecule has 2 heterocycles. The van der Waals surface area contributed by atoms with Crippen molar-refractivity contribution in [3.8, 4) is 17.1 Å². The maximum Gasteiger partial charge on any atom is 0.230 e. The minimum atomic E-state index is 0.0291. The molecule has 3 N–H and O–H groups in total. The molecular weight excluding hydrogens is 400 g/mol. The molecule has 160 valence electrons. The summed E-state index contributed by atoms with van der Waals surface area (Å²) >= 11 is 1.39. The van der Waals surface area contributed by atoms with Crippen LogP contribution in [0.5, 0.6) is 5.75 Å². The molecule has 1 aromatic heterocycles. The molecule has 1 saturated carbocycles. The Bertz CT molecular complexity index is 901. The number of hydrogen-bond acceptors (Lipinski definition) is 7. The summed E-state index contributed by atoms with van der Waals surface area (Å²) in [6, 6.07) is 8.38. The molecule has 3 unspecified atom stereocenters. The summed E-state index contributed by atoms with van der Waals surface area (Å²) in [4.78, 5) is 12.6. The highest BCUT2D eigenvalue weighted by Gasteiger charge is 2.34. The van der Waals surface area contributed by atoms with Crippen molar-refractivity contribution < 1.29 is 9.53 Å². The Labute approximate surface area is 180 Å². The molecule has 9 heteroatoms. The van der Waals surface area contributed by atoms with Gasteiger partial charge in [0.15, 0.2) is 11.0 Å². The van der Waals surface area contributed by atoms with Gasteiger partial charge in [-0.1, -0.05) is 30.0 Å². The average Bonchev–Trinajstić information content (AvgIpc) is 3.39. The summed E-state index contributed by atoms with van der Waals surface area (Å²) in [5, 5.41) is 12.6. The molecule has 2 fully saturated rings. The maximum absolute atomic E-state index is 12.6. The summed E-state index contributed by atoms with van der Waals surface area (Å²) in [7, 11) is 1.64. The topological polar surface area (TPSA) is 93.1 Å². The molecule has 0 spiro atoms. The number of amides is 1. The molecule has 1 saturated heterocycles. The molecular formula is C21H28N6O2S. The number of carbonyl (C=O) groups excluding carboxylic acids is 1. The van der Waals surface area contributed by atoms with Gasteiger partial charge in [0.25, 0.3) is 0 Å². The first-order chi connectivity index (χ1) is 14.7. The second-order valence-electron chi connectivity index (χ2n) is 7.66. The van der Waals surface area contributed by atoms with Gasteiger partial charge in [0.2, 0.25) is 5.91 Å². The number of ether oxygens (including phenoxy) is 1. The van der Waals surface area contributed by atoms with Gasteiger partial charge < -0.3 is 10.1 Å². The lowest BCUT2D eigenvalue weighted by atomic mass is 9.83. The monoisotopic (exact) mass is 428 g/mol. The van der Waals surface area contributed by atoms with E-state index < -0.39 is 0 Å². The van der Waals surface area contributed by atoms with E-state index in [0.29, 0.717) is 35.2 Å². The van der Waals surface area contributed by atoms with Crippen LogP contribution in [-0.4, -0.2) is 52.2 Å². The third-order valence-electron chi connectivity index (χ3n) is 5.72. The second-order valence-corrected chi connectivity index (χ2v) is 8.61. The Morgan fingerprint density at radius 2 is 2.27 bits per heavy atom. The van der Waals surface area contributed by atoms with Crippen molar-refractivity contribution in [1.82, 2.24) is 30.9 Å². The average molecular weight is 429 g/mol. The third kappa shape index (κ3) is 4.53. The van der Waals surface area contributed by atoms with Crippen LogP contribution in [0.25, 0.3) is 11.4 Å². The highest BCUT2D eigenvalue weighted by atomic mass is 32.2. The maximum atomic E-state index is 12.6. The molecule has 2 aliphatic rings. The summed E-state index contributed by atoms with van der Waals surface area (Å²) in [5.74, 6) is 2.44. The van der Waals surface area contributed by atoms with Gasteiger partial charge in [-0.2, -0.15) is 0 Å². The van der Waals surface area contributed by atoms with Gasteiger partial charge in [-0.25, -0.2) is 0 Å². The minimum Gasteiger partial charge on any atom is -0.496 e. The van der Waals surface area contributed by atoms with Crippen molar-refractivity contribution in [2.75, 3.05) is 19.4 Å². The summed E-state index contributed by atoms with van der Waals surface area (Å²) < 4.78 is 7.43. The van der Waals surface area contributed by atoms with Gasteiger partial charge in [-0.15, -0.1) is 16.8 Å². The van der Waals surface area contributed by atoms with E-state index in [1.807, 2.05) is 28.8 Å². The normalized spacial score (nSPS) is 23.0. The van der Waals surface area contributed by atoms with Crippen LogP contribution in [-0.2, 0) is 11.3 Å². The van der Waals surface area contributed by atoms with Gasteiger partial charge in [0.05, 0.1) is 18.4 Å². The number of rotatable bonds is 8. The van der Waals surface area contributed by atoms with Crippen LogP contribution in [0.1, 0.15) is 19.3 Å². The predicted molar refractivity (Wildman–Crippen MR) is 117 cm³/mol. The summed E-state index contributed by atoms with van der Waals surface area (Å²) in [6.07, 6.45) is 4.94.